The molecule has 0 bridgehead atoms. The zero-order valence-electron chi connectivity index (χ0n) is 18.8. The molecule has 1 fully saturated rings. The van der Waals surface area contributed by atoms with Crippen molar-refractivity contribution in [3.05, 3.63) is 29.3 Å². The molecule has 33 heavy (non-hydrogen) atoms. The van der Waals surface area contributed by atoms with Gasteiger partial charge in [-0.1, -0.05) is 0 Å². The lowest BCUT2D eigenvalue weighted by atomic mass is 10.2. The highest BCUT2D eigenvalue weighted by Gasteiger charge is 2.25. The molecule has 0 spiro atoms. The smallest absolute Gasteiger partial charge is 0.409 e. The lowest BCUT2D eigenvalue weighted by molar-refractivity contribution is -0.115. The van der Waals surface area contributed by atoms with E-state index in [2.05, 4.69) is 15.6 Å². The quantitative estimate of drug-likeness (QED) is 0.629. The summed E-state index contributed by atoms with van der Waals surface area (Å²) in [4.78, 5) is 44.2. The zero-order valence-corrected chi connectivity index (χ0v) is 19.6. The first-order valence-electron chi connectivity index (χ1n) is 10.4. The molecular weight excluding hydrogens is 450 g/mol. The van der Waals surface area contributed by atoms with Gasteiger partial charge in [0.1, 0.15) is 0 Å². The monoisotopic (exact) mass is 477 g/mol. The van der Waals surface area contributed by atoms with Crippen molar-refractivity contribution < 1.29 is 28.6 Å². The number of rotatable bonds is 7. The van der Waals surface area contributed by atoms with Crippen LogP contribution in [0.3, 0.4) is 0 Å². The Morgan fingerprint density at radius 2 is 1.73 bits per heavy atom. The molecule has 2 N–H and O–H groups in total. The lowest BCUT2D eigenvalue weighted by Gasteiger charge is -2.33. The minimum atomic E-state index is -0.367. The number of hydrogen-bond donors (Lipinski definition) is 2. The molecule has 12 heteroatoms. The van der Waals surface area contributed by atoms with Crippen LogP contribution in [-0.4, -0.2) is 79.8 Å². The molecule has 0 atom stereocenters. The fourth-order valence-electron chi connectivity index (χ4n) is 3.21. The van der Waals surface area contributed by atoms with Gasteiger partial charge in [0.2, 0.25) is 5.91 Å². The molecule has 4 amide bonds. The average Bonchev–Trinajstić information content (AvgIpc) is 3.25. The van der Waals surface area contributed by atoms with Crippen molar-refractivity contribution in [3.8, 4) is 11.5 Å². The van der Waals surface area contributed by atoms with E-state index in [-0.39, 0.29) is 24.5 Å². The van der Waals surface area contributed by atoms with Gasteiger partial charge in [-0.2, -0.15) is 0 Å². The zero-order chi connectivity index (χ0) is 23.8. The summed E-state index contributed by atoms with van der Waals surface area (Å²) >= 11 is 1.24. The van der Waals surface area contributed by atoms with Crippen LogP contribution in [0.2, 0.25) is 0 Å². The molecule has 2 aromatic rings. The summed E-state index contributed by atoms with van der Waals surface area (Å²) in [5, 5.41) is 7.67. The number of piperazine rings is 1. The Morgan fingerprint density at radius 1 is 1.03 bits per heavy atom. The number of hydrogen-bond acceptors (Lipinski definition) is 8. The molecule has 3 rings (SSSR count). The van der Waals surface area contributed by atoms with Crippen molar-refractivity contribution >= 4 is 40.2 Å². The van der Waals surface area contributed by atoms with Gasteiger partial charge in [-0.05, 0) is 19.1 Å². The molecule has 0 unspecified atom stereocenters. The fourth-order valence-corrected chi connectivity index (χ4v) is 3.91. The molecule has 1 aliphatic heterocycles. The first kappa shape index (κ1) is 24.1. The molecule has 1 aromatic heterocycles. The van der Waals surface area contributed by atoms with E-state index in [1.54, 1.807) is 40.3 Å². The normalized spacial score (nSPS) is 13.3. The number of anilines is 2. The third kappa shape index (κ3) is 6.48. The molecule has 11 nitrogen and oxygen atoms in total. The number of amides is 4. The highest BCUT2D eigenvalue weighted by Crippen LogP contribution is 2.29. The van der Waals surface area contributed by atoms with Crippen LogP contribution in [0.5, 0.6) is 11.5 Å². The maximum Gasteiger partial charge on any atom is 0.409 e. The number of nitrogens with zero attached hydrogens (tertiary/aromatic N) is 3. The van der Waals surface area contributed by atoms with E-state index in [0.29, 0.717) is 60.8 Å². The number of carbonyl (C=O) groups excluding carboxylic acids is 3. The summed E-state index contributed by atoms with van der Waals surface area (Å²) in [6.45, 7) is 3.69. The maximum absolute atomic E-state index is 12.5. The van der Waals surface area contributed by atoms with Gasteiger partial charge >= 0.3 is 12.1 Å². The standard InChI is InChI=1S/C21H27N5O6S/c1-4-32-21(29)26-9-7-25(8-10-26)20(28)24-19-23-15(13-33-19)12-18(27)22-14-5-6-16(30-2)17(11-14)31-3/h5-6,11,13H,4,7-10,12H2,1-3H3,(H,22,27)(H,23,24,28). The summed E-state index contributed by atoms with van der Waals surface area (Å²) in [7, 11) is 3.06. The minimum Gasteiger partial charge on any atom is -0.493 e. The van der Waals surface area contributed by atoms with Gasteiger partial charge in [-0.3, -0.25) is 10.1 Å². The Hall–Kier alpha value is -3.54. The lowest BCUT2D eigenvalue weighted by Crippen LogP contribution is -2.51. The van der Waals surface area contributed by atoms with Crippen LogP contribution in [-0.2, 0) is 16.0 Å². The van der Waals surface area contributed by atoms with Crippen LogP contribution < -0.4 is 20.1 Å². The molecule has 0 radical (unpaired) electrons. The van der Waals surface area contributed by atoms with Crippen LogP contribution >= 0.6 is 11.3 Å². The summed E-state index contributed by atoms with van der Waals surface area (Å²) < 4.78 is 15.4. The summed E-state index contributed by atoms with van der Waals surface area (Å²) in [6.07, 6.45) is -0.313. The highest BCUT2D eigenvalue weighted by atomic mass is 32.1. The van der Waals surface area contributed by atoms with E-state index in [9.17, 15) is 14.4 Å². The van der Waals surface area contributed by atoms with Crippen molar-refractivity contribution in [1.82, 2.24) is 14.8 Å². The Morgan fingerprint density at radius 3 is 2.39 bits per heavy atom. The van der Waals surface area contributed by atoms with Crippen molar-refractivity contribution in [2.24, 2.45) is 0 Å². The Kier molecular flexibility index (Phi) is 8.30. The van der Waals surface area contributed by atoms with Gasteiger partial charge in [0, 0.05) is 43.3 Å². The van der Waals surface area contributed by atoms with Crippen LogP contribution in [0, 0.1) is 0 Å². The van der Waals surface area contributed by atoms with E-state index in [0.717, 1.165) is 0 Å². The van der Waals surface area contributed by atoms with Crippen LogP contribution in [0.1, 0.15) is 12.6 Å². The van der Waals surface area contributed by atoms with Gasteiger partial charge < -0.3 is 29.3 Å². The largest absolute Gasteiger partial charge is 0.493 e. The second-order valence-electron chi connectivity index (χ2n) is 7.04. The molecule has 0 aliphatic carbocycles. The van der Waals surface area contributed by atoms with Gasteiger partial charge in [0.15, 0.2) is 16.6 Å². The van der Waals surface area contributed by atoms with E-state index in [4.69, 9.17) is 14.2 Å². The number of ether oxygens (including phenoxy) is 3. The Balaban J connectivity index is 1.48. The molecule has 1 aliphatic rings. The average molecular weight is 478 g/mol. The number of methoxy groups -OCH3 is 2. The van der Waals surface area contributed by atoms with Crippen molar-refractivity contribution in [2.75, 3.05) is 57.6 Å². The summed E-state index contributed by atoms with van der Waals surface area (Å²) in [5.74, 6) is 0.829. The minimum absolute atomic E-state index is 0.0545. The third-order valence-corrected chi connectivity index (χ3v) is 5.67. The fraction of sp³-hybridized carbons (Fsp3) is 0.429. The number of aromatic nitrogens is 1. The topological polar surface area (TPSA) is 122 Å². The van der Waals surface area contributed by atoms with Crippen molar-refractivity contribution in [3.63, 3.8) is 0 Å². The third-order valence-electron chi connectivity index (χ3n) is 4.87. The molecule has 178 valence electrons. The highest BCUT2D eigenvalue weighted by molar-refractivity contribution is 7.13. The predicted molar refractivity (Wildman–Crippen MR) is 123 cm³/mol. The summed E-state index contributed by atoms with van der Waals surface area (Å²) in [5.41, 5.74) is 1.11. The van der Waals surface area contributed by atoms with Gasteiger partial charge in [-0.25, -0.2) is 14.6 Å². The van der Waals surface area contributed by atoms with Gasteiger partial charge in [-0.15, -0.1) is 11.3 Å². The number of nitrogens with one attached hydrogen (secondary N) is 2. The summed E-state index contributed by atoms with van der Waals surface area (Å²) in [6, 6.07) is 4.80. The van der Waals surface area contributed by atoms with Crippen LogP contribution in [0.4, 0.5) is 20.4 Å². The predicted octanol–water partition coefficient (Wildman–Crippen LogP) is 2.65. The van der Waals surface area contributed by atoms with Crippen molar-refractivity contribution in [1.29, 1.82) is 0 Å². The number of thiazole rings is 1. The van der Waals surface area contributed by atoms with E-state index < -0.39 is 0 Å². The number of carbonyl (C=O) groups is 3. The SMILES string of the molecule is CCOC(=O)N1CCN(C(=O)Nc2nc(CC(=O)Nc3ccc(OC)c(OC)c3)cs2)CC1. The number of benzene rings is 1. The van der Waals surface area contributed by atoms with Crippen molar-refractivity contribution in [2.45, 2.75) is 13.3 Å². The Labute approximate surface area is 195 Å². The van der Waals surface area contributed by atoms with Gasteiger partial charge in [0.25, 0.3) is 0 Å². The second-order valence-corrected chi connectivity index (χ2v) is 7.90. The first-order valence-corrected chi connectivity index (χ1v) is 11.2. The molecule has 1 saturated heterocycles. The first-order chi connectivity index (χ1) is 15.9. The van der Waals surface area contributed by atoms with Crippen LogP contribution in [0.25, 0.3) is 0 Å². The molecular formula is C21H27N5O6S. The van der Waals surface area contributed by atoms with E-state index in [1.165, 1.54) is 25.6 Å². The van der Waals surface area contributed by atoms with E-state index >= 15 is 0 Å². The van der Waals surface area contributed by atoms with E-state index in [1.807, 2.05) is 0 Å². The molecule has 0 saturated carbocycles. The maximum atomic E-state index is 12.5. The second kappa shape index (κ2) is 11.4. The van der Waals surface area contributed by atoms with Crippen LogP contribution in [0.15, 0.2) is 23.6 Å². The molecule has 1 aromatic carbocycles. The number of urea groups is 1. The Bertz CT molecular complexity index is 989. The van der Waals surface area contributed by atoms with Gasteiger partial charge in [0.05, 0.1) is 32.9 Å². The molecule has 2 heterocycles.